The quantitative estimate of drug-likeness (QED) is 0.495. The van der Waals surface area contributed by atoms with E-state index in [0.717, 1.165) is 0 Å². The first kappa shape index (κ1) is 9.74. The Morgan fingerprint density at radius 2 is 1.57 bits per heavy atom. The third kappa shape index (κ3) is 328. The normalized spacial score (nSPS) is 6.14. The van der Waals surface area contributed by atoms with Crippen LogP contribution in [0.2, 0.25) is 0 Å². The van der Waals surface area contributed by atoms with E-state index < -0.39 is 0 Å². The third-order valence-corrected chi connectivity index (χ3v) is 0. The summed E-state index contributed by atoms with van der Waals surface area (Å²) in [5, 5.41) is 0. The van der Waals surface area contributed by atoms with Gasteiger partial charge in [0.2, 0.25) is 0 Å². The van der Waals surface area contributed by atoms with Crippen molar-refractivity contribution >= 4 is 0 Å². The summed E-state index contributed by atoms with van der Waals surface area (Å²) in [6, 6.07) is 0. The van der Waals surface area contributed by atoms with Crippen molar-refractivity contribution in [2.45, 2.75) is 27.2 Å². The minimum Gasteiger partial charge on any atom is -0.403 e. The van der Waals surface area contributed by atoms with Crippen LogP contribution >= 0.6 is 0 Å². The summed E-state index contributed by atoms with van der Waals surface area (Å²) < 4.78 is 0. The maximum Gasteiger partial charge on any atom is -0.00242 e. The lowest BCUT2D eigenvalue weighted by molar-refractivity contribution is 1.09. The zero-order valence-corrected chi connectivity index (χ0v) is 5.49. The summed E-state index contributed by atoms with van der Waals surface area (Å²) in [6.45, 7) is 9.33. The molecule has 0 aromatic rings. The van der Waals surface area contributed by atoms with Crippen LogP contribution in [0.25, 0.3) is 0 Å². The fourth-order valence-electron chi connectivity index (χ4n) is 0. The van der Waals surface area contributed by atoms with Crippen LogP contribution in [0.3, 0.4) is 0 Å². The van der Waals surface area contributed by atoms with Crippen LogP contribution < -0.4 is 5.73 Å². The SMILES string of the molecule is C=C(C)N.CCC. The molecule has 0 unspecified atom stereocenters. The standard InChI is InChI=1S/C3H7N.C3H8/c1-3(2)4;1-3-2/h1,4H2,2H3;3H2,1-2H3. The smallest absolute Gasteiger partial charge is 0.00242 e. The molecule has 1 heteroatoms. The van der Waals surface area contributed by atoms with Crippen molar-refractivity contribution in [3.63, 3.8) is 0 Å². The monoisotopic (exact) mass is 101 g/mol. The fourth-order valence-corrected chi connectivity index (χ4v) is 0. The van der Waals surface area contributed by atoms with Crippen LogP contribution in [0.4, 0.5) is 0 Å². The summed E-state index contributed by atoms with van der Waals surface area (Å²) in [7, 11) is 0. The molecule has 0 bridgehead atoms. The Morgan fingerprint density at radius 1 is 1.57 bits per heavy atom. The molecule has 0 radical (unpaired) electrons. The molecule has 0 aromatic carbocycles. The van der Waals surface area contributed by atoms with Gasteiger partial charge < -0.3 is 5.73 Å². The van der Waals surface area contributed by atoms with Gasteiger partial charge >= 0.3 is 0 Å². The molecule has 0 fully saturated rings. The van der Waals surface area contributed by atoms with Gasteiger partial charge in [0.15, 0.2) is 0 Å². The highest BCUT2D eigenvalue weighted by molar-refractivity contribution is 4.76. The van der Waals surface area contributed by atoms with Gasteiger partial charge in [0.1, 0.15) is 0 Å². The largest absolute Gasteiger partial charge is 0.403 e. The molecular weight excluding hydrogens is 86.1 g/mol. The van der Waals surface area contributed by atoms with Gasteiger partial charge in [0.05, 0.1) is 0 Å². The molecule has 0 spiro atoms. The molecule has 0 amide bonds. The Hall–Kier alpha value is -0.460. The second kappa shape index (κ2) is 9.11. The molecule has 0 aromatic heterocycles. The lowest BCUT2D eigenvalue weighted by atomic mass is 10.6. The highest BCUT2D eigenvalue weighted by atomic mass is 14.5. The summed E-state index contributed by atoms with van der Waals surface area (Å²) >= 11 is 0. The van der Waals surface area contributed by atoms with Crippen LogP contribution in [-0.2, 0) is 0 Å². The van der Waals surface area contributed by atoms with Crippen molar-refractivity contribution < 1.29 is 0 Å². The van der Waals surface area contributed by atoms with Crippen molar-refractivity contribution in [3.05, 3.63) is 12.3 Å². The highest BCUT2D eigenvalue weighted by Gasteiger charge is 1.50. The summed E-state index contributed by atoms with van der Waals surface area (Å²) in [5.41, 5.74) is 5.58. The van der Waals surface area contributed by atoms with Crippen molar-refractivity contribution in [1.82, 2.24) is 0 Å². The van der Waals surface area contributed by atoms with E-state index in [1.807, 2.05) is 0 Å². The lowest BCUT2D eigenvalue weighted by Crippen LogP contribution is -1.83. The predicted octanol–water partition coefficient (Wildman–Crippen LogP) is 1.90. The molecule has 0 saturated heterocycles. The van der Waals surface area contributed by atoms with Crippen molar-refractivity contribution in [2.75, 3.05) is 0 Å². The number of hydrogen-bond donors (Lipinski definition) is 1. The highest BCUT2D eigenvalue weighted by Crippen LogP contribution is 1.59. The Kier molecular flexibility index (Phi) is 12.7. The molecular formula is C6H15N. The van der Waals surface area contributed by atoms with Crippen LogP contribution in [0.1, 0.15) is 27.2 Å². The van der Waals surface area contributed by atoms with E-state index >= 15 is 0 Å². The number of rotatable bonds is 0. The van der Waals surface area contributed by atoms with E-state index in [1.54, 1.807) is 6.92 Å². The second-order valence-electron chi connectivity index (χ2n) is 1.55. The average molecular weight is 101 g/mol. The number of hydrogen-bond acceptors (Lipinski definition) is 1. The number of allylic oxidation sites excluding steroid dienone is 1. The molecule has 0 heterocycles. The van der Waals surface area contributed by atoms with Gasteiger partial charge in [-0.2, -0.15) is 0 Å². The van der Waals surface area contributed by atoms with Crippen LogP contribution in [-0.4, -0.2) is 0 Å². The van der Waals surface area contributed by atoms with Crippen LogP contribution in [0.5, 0.6) is 0 Å². The molecule has 0 atom stereocenters. The van der Waals surface area contributed by atoms with E-state index in [-0.39, 0.29) is 0 Å². The average Bonchev–Trinajstić information content (AvgIpc) is 1.33. The molecule has 7 heavy (non-hydrogen) atoms. The third-order valence-electron chi connectivity index (χ3n) is 0. The van der Waals surface area contributed by atoms with E-state index in [4.69, 9.17) is 5.73 Å². The number of nitrogens with two attached hydrogens (primary N) is 1. The molecule has 2 N–H and O–H groups in total. The Labute approximate surface area is 46.2 Å². The predicted molar refractivity (Wildman–Crippen MR) is 35.0 cm³/mol. The molecule has 44 valence electrons. The minimum atomic E-state index is 0.667. The minimum absolute atomic E-state index is 0.667. The first-order chi connectivity index (χ1) is 3.15. The maximum atomic E-state index is 4.92. The van der Waals surface area contributed by atoms with Gasteiger partial charge in [0, 0.05) is 0 Å². The fraction of sp³-hybridized carbons (Fsp3) is 0.667. The second-order valence-corrected chi connectivity index (χ2v) is 1.55. The Balaban J connectivity index is 0. The van der Waals surface area contributed by atoms with Crippen molar-refractivity contribution in [2.24, 2.45) is 5.73 Å². The van der Waals surface area contributed by atoms with Gasteiger partial charge in [-0.3, -0.25) is 0 Å². The molecule has 0 aliphatic carbocycles. The maximum absolute atomic E-state index is 4.92. The first-order valence-corrected chi connectivity index (χ1v) is 2.56. The van der Waals surface area contributed by atoms with E-state index in [9.17, 15) is 0 Å². The zero-order valence-electron chi connectivity index (χ0n) is 5.49. The van der Waals surface area contributed by atoms with Gasteiger partial charge in [-0.15, -0.1) is 0 Å². The van der Waals surface area contributed by atoms with Crippen LogP contribution in [0, 0.1) is 0 Å². The summed E-state index contributed by atoms with van der Waals surface area (Å²) in [4.78, 5) is 0. The van der Waals surface area contributed by atoms with Gasteiger partial charge in [-0.25, -0.2) is 0 Å². The molecule has 0 saturated carbocycles. The topological polar surface area (TPSA) is 26.0 Å². The van der Waals surface area contributed by atoms with Crippen molar-refractivity contribution in [3.8, 4) is 0 Å². The van der Waals surface area contributed by atoms with Gasteiger partial charge in [-0.1, -0.05) is 26.8 Å². The first-order valence-electron chi connectivity index (χ1n) is 2.56. The Bertz CT molecular complexity index is 35.4. The van der Waals surface area contributed by atoms with Crippen LogP contribution in [0.15, 0.2) is 12.3 Å². The zero-order chi connectivity index (χ0) is 6.28. The van der Waals surface area contributed by atoms with Gasteiger partial charge in [0.25, 0.3) is 0 Å². The molecule has 0 rings (SSSR count). The van der Waals surface area contributed by atoms with Crippen molar-refractivity contribution in [1.29, 1.82) is 0 Å². The Morgan fingerprint density at radius 3 is 1.57 bits per heavy atom. The molecule has 0 aliphatic rings. The van der Waals surface area contributed by atoms with E-state index in [1.165, 1.54) is 6.42 Å². The molecule has 1 nitrogen and oxygen atoms in total. The van der Waals surface area contributed by atoms with E-state index in [0.29, 0.717) is 5.70 Å². The molecule has 0 aliphatic heterocycles. The van der Waals surface area contributed by atoms with Gasteiger partial charge in [-0.05, 0) is 12.6 Å². The summed E-state index contributed by atoms with van der Waals surface area (Å²) in [5.74, 6) is 0. The lowest BCUT2D eigenvalue weighted by Gasteiger charge is -1.69. The summed E-state index contributed by atoms with van der Waals surface area (Å²) in [6.07, 6.45) is 1.25. The van der Waals surface area contributed by atoms with E-state index in [2.05, 4.69) is 20.4 Å².